The molecule has 0 aliphatic carbocycles. The number of rotatable bonds is 7. The van der Waals surface area contributed by atoms with Crippen LogP contribution in [0, 0.1) is 39.0 Å². The van der Waals surface area contributed by atoms with Crippen molar-refractivity contribution >= 4 is 87.2 Å². The Kier molecular flexibility index (Phi) is 10.4. The fraction of sp³-hybridized carbons (Fsp3) is 0.0541. The zero-order valence-electron chi connectivity index (χ0n) is 45.5. The minimum absolute atomic E-state index is 0.536. The quantitative estimate of drug-likeness (QED) is 0.159. The number of nitriles is 1. The number of aromatic nitrogens is 7. The van der Waals surface area contributed by atoms with Crippen molar-refractivity contribution in [2.45, 2.75) is 27.7 Å². The van der Waals surface area contributed by atoms with Gasteiger partial charge in [0.25, 0.3) is 0 Å². The van der Waals surface area contributed by atoms with Gasteiger partial charge in [-0.05, 0) is 141 Å². The van der Waals surface area contributed by atoms with E-state index in [0.29, 0.717) is 5.56 Å². The number of fused-ring (bicyclic) bond motifs is 12. The molecule has 16 rings (SSSR count). The molecule has 0 fully saturated rings. The largest absolute Gasteiger partial charge is 0.309 e. The fourth-order valence-corrected chi connectivity index (χ4v) is 13.5. The molecule has 0 amide bonds. The summed E-state index contributed by atoms with van der Waals surface area (Å²) in [5, 5.41) is 21.6. The first-order valence-electron chi connectivity index (χ1n) is 27.8. The maximum absolute atomic E-state index is 12.5. The molecule has 0 spiro atoms. The van der Waals surface area contributed by atoms with E-state index in [0.717, 1.165) is 133 Å². The number of aryl methyl sites for hydroxylation is 4. The second-order valence-corrected chi connectivity index (χ2v) is 21.8. The average Bonchev–Trinajstić information content (AvgIpc) is 2.40. The maximum Gasteiger partial charge on any atom is 0.101 e. The monoisotopic (exact) mass is 1050 g/mol. The molecule has 8 nitrogen and oxygen atoms in total. The van der Waals surface area contributed by atoms with Crippen LogP contribution in [0.1, 0.15) is 28.1 Å². The molecule has 0 saturated carbocycles. The van der Waals surface area contributed by atoms with E-state index in [-0.39, 0.29) is 0 Å². The van der Waals surface area contributed by atoms with Crippen LogP contribution in [0.25, 0.3) is 143 Å². The predicted octanol–water partition coefficient (Wildman–Crippen LogP) is 18.4. The lowest BCUT2D eigenvalue weighted by Crippen LogP contribution is -2.12. The van der Waals surface area contributed by atoms with Gasteiger partial charge in [0.1, 0.15) is 6.07 Å². The average molecular weight is 1050 g/mol. The molecule has 16 aromatic rings. The number of hydrogen-bond acceptors (Lipinski definition) is 4. The van der Waals surface area contributed by atoms with Gasteiger partial charge in [0.2, 0.25) is 0 Å². The van der Waals surface area contributed by atoms with Crippen molar-refractivity contribution in [3.63, 3.8) is 0 Å². The van der Waals surface area contributed by atoms with Crippen molar-refractivity contribution in [1.29, 1.82) is 5.26 Å². The Bertz CT molecular complexity index is 5260. The van der Waals surface area contributed by atoms with Gasteiger partial charge in [0.05, 0.1) is 73.5 Å². The third-order valence-electron chi connectivity index (χ3n) is 16.8. The highest BCUT2D eigenvalue weighted by molar-refractivity contribution is 6.16. The summed E-state index contributed by atoms with van der Waals surface area (Å²) in [5.41, 5.74) is 22.0. The first-order valence-corrected chi connectivity index (χ1v) is 27.8. The summed E-state index contributed by atoms with van der Waals surface area (Å²) in [6.07, 6.45) is 7.72. The van der Waals surface area contributed by atoms with E-state index in [9.17, 15) is 5.26 Å². The number of benzene rings is 9. The Labute approximate surface area is 472 Å². The highest BCUT2D eigenvalue weighted by Gasteiger charge is 2.33. The normalized spacial score (nSPS) is 11.9. The minimum Gasteiger partial charge on any atom is -0.309 e. The Hall–Kier alpha value is -10.9. The molecule has 0 saturated heterocycles. The van der Waals surface area contributed by atoms with Crippen LogP contribution in [0.4, 0.5) is 0 Å². The maximum atomic E-state index is 12.5. The Morgan fingerprint density at radius 2 is 0.707 bits per heavy atom. The summed E-state index contributed by atoms with van der Waals surface area (Å²) in [4.78, 5) is 14.7. The summed E-state index contributed by atoms with van der Waals surface area (Å²) in [7, 11) is 0. The highest BCUT2D eigenvalue weighted by atomic mass is 15.1. The van der Waals surface area contributed by atoms with Crippen LogP contribution in [0.2, 0.25) is 0 Å². The lowest BCUT2D eigenvalue weighted by Gasteiger charge is -2.28. The van der Waals surface area contributed by atoms with Gasteiger partial charge in [-0.2, -0.15) is 5.26 Å². The third kappa shape index (κ3) is 6.93. The van der Waals surface area contributed by atoms with E-state index in [1.807, 2.05) is 38.6 Å². The molecule has 0 unspecified atom stereocenters. The molecule has 82 heavy (non-hydrogen) atoms. The minimum atomic E-state index is 0.536. The fourth-order valence-electron chi connectivity index (χ4n) is 13.5. The molecule has 0 N–H and O–H groups in total. The molecule has 8 heteroatoms. The molecular weight excluding hydrogens is 1000 g/mol. The van der Waals surface area contributed by atoms with Gasteiger partial charge in [0.15, 0.2) is 0 Å². The first kappa shape index (κ1) is 47.1. The SMILES string of the molecule is Cc1ccc2c(c1)c1ccccc1n2-c1ccc(-c2c(C#N)c(-c3cc(C)nc(C)c3)c(-c3ccc(-n4c5ccccc5c5cc(C)ccc54)cc3)c(-n3c4ccccc4c4ccncc43)c2-n2c3ccccc3c3ccncc32)cc1. The number of pyridine rings is 3. The number of para-hydroxylation sites is 4. The smallest absolute Gasteiger partial charge is 0.101 e. The van der Waals surface area contributed by atoms with Crippen LogP contribution in [-0.2, 0) is 0 Å². The number of nitrogens with zero attached hydrogens (tertiary/aromatic N) is 8. The standard InChI is InChI=1S/C74H50N8/c1-44-21-31-66-59(37-44)55-15-7-9-17-62(55)79(66)51-27-23-48(24-28-51)71-61(41-75)70(50-39-46(3)78-47(4)40-50)72(49-25-29-52(30-26-49)80-63-18-10-8-16-56(63)60-38-45(2)22-32-67(60)80)74(82-65-20-12-6-14-54(65)58-34-36-77-43-69(58)82)73(71)81-64-19-11-5-13-53(64)57-33-35-76-42-68(57)81/h5-40,42-43H,1-4H3. The van der Waals surface area contributed by atoms with E-state index in [1.165, 1.54) is 32.7 Å². The first-order chi connectivity index (χ1) is 40.3. The van der Waals surface area contributed by atoms with E-state index < -0.39 is 0 Å². The number of hydrogen-bond donors (Lipinski definition) is 0. The molecule has 0 aliphatic heterocycles. The van der Waals surface area contributed by atoms with Crippen molar-refractivity contribution in [3.05, 3.63) is 259 Å². The van der Waals surface area contributed by atoms with Gasteiger partial charge in [-0.15, -0.1) is 0 Å². The predicted molar refractivity (Wildman–Crippen MR) is 337 cm³/mol. The van der Waals surface area contributed by atoms with Gasteiger partial charge in [0, 0.05) is 94.9 Å². The van der Waals surface area contributed by atoms with Gasteiger partial charge in [-0.25, -0.2) is 0 Å². The second-order valence-electron chi connectivity index (χ2n) is 21.8. The lowest BCUT2D eigenvalue weighted by molar-refractivity contribution is 1.09. The van der Waals surface area contributed by atoms with Crippen LogP contribution in [-0.4, -0.2) is 33.2 Å². The Morgan fingerprint density at radius 3 is 1.16 bits per heavy atom. The van der Waals surface area contributed by atoms with Crippen LogP contribution >= 0.6 is 0 Å². The Balaban J connectivity index is 1.09. The van der Waals surface area contributed by atoms with Gasteiger partial charge in [-0.1, -0.05) is 120 Å². The van der Waals surface area contributed by atoms with Crippen molar-refractivity contribution in [1.82, 2.24) is 33.2 Å². The van der Waals surface area contributed by atoms with Gasteiger partial charge in [-0.3, -0.25) is 15.0 Å². The summed E-state index contributed by atoms with van der Waals surface area (Å²) in [5.74, 6) is 0. The van der Waals surface area contributed by atoms with E-state index >= 15 is 0 Å². The lowest BCUT2D eigenvalue weighted by atomic mass is 9.82. The molecule has 0 atom stereocenters. The van der Waals surface area contributed by atoms with Gasteiger partial charge < -0.3 is 18.3 Å². The van der Waals surface area contributed by atoms with Gasteiger partial charge >= 0.3 is 0 Å². The zero-order chi connectivity index (χ0) is 54.9. The summed E-state index contributed by atoms with van der Waals surface area (Å²) in [6.45, 7) is 8.39. The molecular formula is C74H50N8. The molecule has 0 aliphatic rings. The zero-order valence-corrected chi connectivity index (χ0v) is 45.5. The summed E-state index contributed by atoms with van der Waals surface area (Å²) < 4.78 is 9.50. The van der Waals surface area contributed by atoms with Crippen LogP contribution in [0.15, 0.2) is 231 Å². The molecule has 9 aromatic carbocycles. The summed E-state index contributed by atoms with van der Waals surface area (Å²) >= 11 is 0. The Morgan fingerprint density at radius 1 is 0.329 bits per heavy atom. The van der Waals surface area contributed by atoms with Crippen LogP contribution in [0.3, 0.4) is 0 Å². The third-order valence-corrected chi connectivity index (χ3v) is 16.8. The van der Waals surface area contributed by atoms with Crippen molar-refractivity contribution in [2.24, 2.45) is 0 Å². The van der Waals surface area contributed by atoms with Crippen molar-refractivity contribution in [3.8, 4) is 62.2 Å². The molecule has 7 aromatic heterocycles. The van der Waals surface area contributed by atoms with E-state index in [2.05, 4.69) is 244 Å². The highest BCUT2D eigenvalue weighted by Crippen LogP contribution is 2.52. The molecule has 386 valence electrons. The van der Waals surface area contributed by atoms with Crippen molar-refractivity contribution < 1.29 is 0 Å². The van der Waals surface area contributed by atoms with Crippen molar-refractivity contribution in [2.75, 3.05) is 0 Å². The molecule has 0 radical (unpaired) electrons. The second kappa shape index (κ2) is 18.1. The van der Waals surface area contributed by atoms with E-state index in [4.69, 9.17) is 15.0 Å². The van der Waals surface area contributed by atoms with Crippen LogP contribution < -0.4 is 0 Å². The molecule has 0 bridgehead atoms. The van der Waals surface area contributed by atoms with E-state index in [1.54, 1.807) is 0 Å². The van der Waals surface area contributed by atoms with Crippen LogP contribution in [0.5, 0.6) is 0 Å². The topological polar surface area (TPSA) is 82.2 Å². The summed E-state index contributed by atoms with van der Waals surface area (Å²) in [6, 6.07) is 77.2. The molecule has 7 heterocycles.